The number of hydrogen-bond donors (Lipinski definition) is 1. The topological polar surface area (TPSA) is 117 Å². The molecule has 2 aromatic carbocycles. The van der Waals surface area contributed by atoms with E-state index in [0.717, 1.165) is 47.5 Å². The van der Waals surface area contributed by atoms with Gasteiger partial charge in [0.1, 0.15) is 18.0 Å². The van der Waals surface area contributed by atoms with E-state index >= 15 is 0 Å². The molecule has 6 rings (SSSR count). The standard InChI is InChI=1S/C48H69FN6O6Si/c1-33-26-53(39(29-54(33)45(58)60-46(2,3)4)28-52-23-15-18-38(27-52)50-44(57)59-31-35-16-13-12-14-17-35)30-41(56)55-32-48(8,9)42-40(55)25-36(24-34-19-21-37(49)22-20-34)43(51-42)61-62(10,11)47(5,6)7/h12-14,16-17,19-22,25,33,38-39H,15,18,23-24,26-32H2,1-11H3,(H,50,57)/t33-,38+,39+/m1/s1. The van der Waals surface area contributed by atoms with Crippen molar-refractivity contribution in [1.29, 1.82) is 0 Å². The molecule has 3 atom stereocenters. The van der Waals surface area contributed by atoms with Gasteiger partial charge in [0.15, 0.2) is 0 Å². The third-order valence-electron chi connectivity index (χ3n) is 12.7. The average Bonchev–Trinajstić information content (AvgIpc) is 3.44. The van der Waals surface area contributed by atoms with Crippen molar-refractivity contribution in [2.75, 3.05) is 50.7 Å². The van der Waals surface area contributed by atoms with Crippen LogP contribution in [-0.4, -0.2) is 116 Å². The Balaban J connectivity index is 1.24. The molecule has 0 unspecified atom stereocenters. The van der Waals surface area contributed by atoms with E-state index in [1.54, 1.807) is 17.0 Å². The molecule has 12 nitrogen and oxygen atoms in total. The molecule has 62 heavy (non-hydrogen) atoms. The van der Waals surface area contributed by atoms with Gasteiger partial charge in [-0.15, -0.1) is 0 Å². The molecular weight excluding hydrogens is 804 g/mol. The summed E-state index contributed by atoms with van der Waals surface area (Å²) in [4.78, 5) is 54.7. The number of anilines is 1. The quantitative estimate of drug-likeness (QED) is 0.189. The Morgan fingerprint density at radius 3 is 2.31 bits per heavy atom. The van der Waals surface area contributed by atoms with Crippen molar-refractivity contribution in [1.82, 2.24) is 25.0 Å². The number of nitrogens with zero attached hydrogens (tertiary/aromatic N) is 5. The molecule has 14 heteroatoms. The summed E-state index contributed by atoms with van der Waals surface area (Å²) in [5, 5.41) is 3.00. The van der Waals surface area contributed by atoms with Crippen LogP contribution in [0.5, 0.6) is 5.88 Å². The molecule has 3 amide bonds. The van der Waals surface area contributed by atoms with E-state index in [2.05, 4.69) is 68.9 Å². The van der Waals surface area contributed by atoms with Crippen LogP contribution in [0.15, 0.2) is 60.7 Å². The van der Waals surface area contributed by atoms with E-state index in [1.807, 2.05) is 62.9 Å². The van der Waals surface area contributed by atoms with Gasteiger partial charge in [-0.25, -0.2) is 19.0 Å². The number of halogens is 1. The van der Waals surface area contributed by atoms with Gasteiger partial charge in [0.25, 0.3) is 8.32 Å². The molecule has 0 bridgehead atoms. The van der Waals surface area contributed by atoms with Gasteiger partial charge < -0.3 is 29.0 Å². The molecule has 0 aliphatic carbocycles. The van der Waals surface area contributed by atoms with Gasteiger partial charge in [-0.05, 0) is 94.5 Å². The first kappa shape index (κ1) is 47.0. The molecule has 3 aromatic rings. The van der Waals surface area contributed by atoms with E-state index in [0.29, 0.717) is 45.0 Å². The molecule has 3 aliphatic heterocycles. The van der Waals surface area contributed by atoms with Crippen LogP contribution in [0.25, 0.3) is 0 Å². The number of ether oxygens (including phenoxy) is 2. The fourth-order valence-corrected chi connectivity index (χ4v) is 9.28. The van der Waals surface area contributed by atoms with E-state index in [-0.39, 0.29) is 54.1 Å². The van der Waals surface area contributed by atoms with Crippen LogP contribution in [0, 0.1) is 5.82 Å². The lowest BCUT2D eigenvalue weighted by molar-refractivity contribution is -0.121. The summed E-state index contributed by atoms with van der Waals surface area (Å²) < 4.78 is 32.3. The maximum Gasteiger partial charge on any atom is 0.410 e. The first-order chi connectivity index (χ1) is 29.0. The Hall–Kier alpha value is -4.53. The van der Waals surface area contributed by atoms with E-state index in [1.165, 1.54) is 12.1 Å². The molecule has 2 fully saturated rings. The van der Waals surface area contributed by atoms with Gasteiger partial charge in [-0.1, -0.05) is 77.1 Å². The van der Waals surface area contributed by atoms with Crippen molar-refractivity contribution in [3.8, 4) is 5.88 Å². The number of nitrogens with one attached hydrogen (secondary N) is 1. The number of benzene rings is 2. The molecule has 1 aromatic heterocycles. The second-order valence-electron chi connectivity index (χ2n) is 20.7. The van der Waals surface area contributed by atoms with Crippen molar-refractivity contribution in [3.63, 3.8) is 0 Å². The normalized spacial score (nSPS) is 21.0. The molecule has 3 aliphatic rings. The number of carbonyl (C=O) groups is 3. The average molecular weight is 873 g/mol. The fraction of sp³-hybridized carbons (Fsp3) is 0.583. The van der Waals surface area contributed by atoms with Crippen LogP contribution in [0.1, 0.15) is 97.5 Å². The number of likely N-dealkylation sites (tertiary alicyclic amines) is 1. The van der Waals surface area contributed by atoms with Crippen LogP contribution < -0.4 is 14.6 Å². The van der Waals surface area contributed by atoms with Gasteiger partial charge >= 0.3 is 12.2 Å². The Kier molecular flexibility index (Phi) is 14.1. The van der Waals surface area contributed by atoms with Crippen LogP contribution >= 0.6 is 0 Å². The first-order valence-corrected chi connectivity index (χ1v) is 25.1. The molecule has 0 radical (unpaired) electrons. The van der Waals surface area contributed by atoms with Crippen LogP contribution in [0.3, 0.4) is 0 Å². The molecule has 4 heterocycles. The zero-order valence-corrected chi connectivity index (χ0v) is 39.8. The van der Waals surface area contributed by atoms with E-state index < -0.39 is 25.4 Å². The lowest BCUT2D eigenvalue weighted by atomic mass is 9.91. The summed E-state index contributed by atoms with van der Waals surface area (Å²) in [6.45, 7) is 26.5. The van der Waals surface area contributed by atoms with Gasteiger partial charge in [0, 0.05) is 68.2 Å². The number of amides is 3. The second-order valence-corrected chi connectivity index (χ2v) is 25.4. The van der Waals surface area contributed by atoms with Crippen LogP contribution in [0.2, 0.25) is 18.1 Å². The number of piperidine rings is 1. The molecule has 2 saturated heterocycles. The SMILES string of the molecule is C[C@@H]1CN(CC(=O)N2CC(C)(C)c3nc(O[Si](C)(C)C(C)(C)C)c(Cc4ccc(F)cc4)cc32)[C@@H](CN2CCC[C@H](NC(=O)OCc3ccccc3)C2)CN1C(=O)OC(C)(C)C. The van der Waals surface area contributed by atoms with Crippen LogP contribution in [-0.2, 0) is 32.7 Å². The van der Waals surface area contributed by atoms with Crippen molar-refractivity contribution < 1.29 is 32.7 Å². The summed E-state index contributed by atoms with van der Waals surface area (Å²) in [6.07, 6.45) is 1.37. The summed E-state index contributed by atoms with van der Waals surface area (Å²) in [5.74, 6) is 0.229. The molecule has 0 saturated carbocycles. The highest BCUT2D eigenvalue weighted by atomic mass is 28.4. The molecular formula is C48H69FN6O6Si. The lowest BCUT2D eigenvalue weighted by Gasteiger charge is -2.47. The zero-order valence-electron chi connectivity index (χ0n) is 38.8. The van der Waals surface area contributed by atoms with Gasteiger partial charge in [-0.2, -0.15) is 0 Å². The predicted molar refractivity (Wildman–Crippen MR) is 244 cm³/mol. The van der Waals surface area contributed by atoms with Gasteiger partial charge in [0.05, 0.1) is 17.9 Å². The van der Waals surface area contributed by atoms with Crippen LogP contribution in [0.4, 0.5) is 19.7 Å². The summed E-state index contributed by atoms with van der Waals surface area (Å²) in [7, 11) is -2.32. The number of carbonyl (C=O) groups excluding carboxylic acids is 3. The number of fused-ring (bicyclic) bond motifs is 1. The largest absolute Gasteiger partial charge is 0.530 e. The number of piperazine rings is 1. The smallest absolute Gasteiger partial charge is 0.410 e. The molecule has 338 valence electrons. The maximum absolute atomic E-state index is 14.8. The highest BCUT2D eigenvalue weighted by Gasteiger charge is 2.45. The summed E-state index contributed by atoms with van der Waals surface area (Å²) >= 11 is 0. The minimum absolute atomic E-state index is 0.0494. The summed E-state index contributed by atoms with van der Waals surface area (Å²) in [5.41, 5.74) is 3.16. The number of alkyl carbamates (subject to hydrolysis) is 1. The Bertz CT molecular complexity index is 2050. The minimum atomic E-state index is -2.32. The fourth-order valence-electron chi connectivity index (χ4n) is 8.32. The summed E-state index contributed by atoms with van der Waals surface area (Å²) in [6, 6.07) is 17.7. The number of pyridine rings is 1. The highest BCUT2D eigenvalue weighted by molar-refractivity contribution is 6.74. The van der Waals surface area contributed by atoms with Gasteiger partial charge in [0.2, 0.25) is 11.8 Å². The second kappa shape index (κ2) is 18.7. The Morgan fingerprint density at radius 2 is 1.65 bits per heavy atom. The predicted octanol–water partition coefficient (Wildman–Crippen LogP) is 8.52. The Labute approximate surface area is 369 Å². The van der Waals surface area contributed by atoms with Crippen molar-refractivity contribution in [3.05, 3.63) is 88.9 Å². The lowest BCUT2D eigenvalue weighted by Crippen LogP contribution is -2.64. The number of rotatable bonds is 11. The third-order valence-corrected chi connectivity index (χ3v) is 17.0. The Morgan fingerprint density at radius 1 is 0.952 bits per heavy atom. The number of hydrogen-bond acceptors (Lipinski definition) is 9. The molecule has 0 spiro atoms. The zero-order chi connectivity index (χ0) is 45.2. The monoisotopic (exact) mass is 873 g/mol. The van der Waals surface area contributed by atoms with Crippen molar-refractivity contribution in [2.45, 2.75) is 135 Å². The minimum Gasteiger partial charge on any atom is -0.530 e. The number of aromatic nitrogens is 1. The maximum atomic E-state index is 14.8. The van der Waals surface area contributed by atoms with E-state index in [9.17, 15) is 18.8 Å². The third kappa shape index (κ3) is 11.7. The molecule has 1 N–H and O–H groups in total. The highest BCUT2D eigenvalue weighted by Crippen LogP contribution is 2.44. The van der Waals surface area contributed by atoms with Gasteiger partial charge in [-0.3, -0.25) is 14.6 Å². The van der Waals surface area contributed by atoms with Crippen molar-refractivity contribution in [2.24, 2.45) is 0 Å². The van der Waals surface area contributed by atoms with Crippen molar-refractivity contribution >= 4 is 32.1 Å². The van der Waals surface area contributed by atoms with E-state index in [4.69, 9.17) is 18.9 Å². The first-order valence-electron chi connectivity index (χ1n) is 22.2.